The van der Waals surface area contributed by atoms with Crippen molar-refractivity contribution in [1.82, 2.24) is 4.98 Å². The molecule has 9 heavy (non-hydrogen) atoms. The van der Waals surface area contributed by atoms with Crippen molar-refractivity contribution in [3.63, 3.8) is 0 Å². The van der Waals surface area contributed by atoms with Crippen LogP contribution in [0.1, 0.15) is 0 Å². The first-order valence-electron chi connectivity index (χ1n) is 2.24. The van der Waals surface area contributed by atoms with Crippen molar-refractivity contribution in [1.29, 1.82) is 0 Å². The highest BCUT2D eigenvalue weighted by atomic mass is 32.1. The average molecular weight is 147 g/mol. The van der Waals surface area contributed by atoms with Gasteiger partial charge in [-0.3, -0.25) is 0 Å². The number of aromatic amines is 1. The van der Waals surface area contributed by atoms with Crippen LogP contribution in [0.15, 0.2) is 12.3 Å². The lowest BCUT2D eigenvalue weighted by atomic mass is 10.5. The van der Waals surface area contributed by atoms with E-state index >= 15 is 0 Å². The summed E-state index contributed by atoms with van der Waals surface area (Å²) in [4.78, 5) is 2.23. The van der Waals surface area contributed by atoms with E-state index in [1.807, 2.05) is 0 Å². The minimum atomic E-state index is -0.731. The quantitative estimate of drug-likeness (QED) is 0.555. The van der Waals surface area contributed by atoms with Crippen LogP contribution in [0.25, 0.3) is 0 Å². The van der Waals surface area contributed by atoms with E-state index in [0.717, 1.165) is 12.3 Å². The van der Waals surface area contributed by atoms with Gasteiger partial charge in [0.15, 0.2) is 5.82 Å². The minimum absolute atomic E-state index is 0.0728. The van der Waals surface area contributed by atoms with Crippen LogP contribution in [-0.2, 0) is 0 Å². The summed E-state index contributed by atoms with van der Waals surface area (Å²) in [5, 5.41) is 0. The Labute approximate surface area is 55.3 Å². The zero-order chi connectivity index (χ0) is 6.85. The van der Waals surface area contributed by atoms with E-state index in [1.54, 1.807) is 0 Å². The number of aromatic nitrogens is 1. The molecular weight excluding hydrogens is 144 g/mol. The number of rotatable bonds is 0. The molecule has 0 radical (unpaired) electrons. The molecule has 0 amide bonds. The molecule has 0 bridgehead atoms. The molecule has 1 N–H and O–H groups in total. The number of halogens is 2. The first-order valence-corrected chi connectivity index (χ1v) is 2.65. The monoisotopic (exact) mass is 147 g/mol. The molecule has 1 rings (SSSR count). The van der Waals surface area contributed by atoms with E-state index in [1.165, 1.54) is 0 Å². The van der Waals surface area contributed by atoms with Gasteiger partial charge in [-0.15, -0.1) is 0 Å². The van der Waals surface area contributed by atoms with Crippen molar-refractivity contribution in [2.24, 2.45) is 0 Å². The first kappa shape index (κ1) is 6.35. The topological polar surface area (TPSA) is 15.8 Å². The zero-order valence-corrected chi connectivity index (χ0v) is 5.14. The van der Waals surface area contributed by atoms with Crippen LogP contribution in [0, 0.1) is 16.3 Å². The second kappa shape index (κ2) is 2.23. The van der Waals surface area contributed by atoms with E-state index in [9.17, 15) is 8.78 Å². The Bertz CT molecular complexity index is 268. The summed E-state index contributed by atoms with van der Waals surface area (Å²) in [6.07, 6.45) is 1.01. The molecule has 1 aromatic heterocycles. The van der Waals surface area contributed by atoms with Crippen LogP contribution in [0.2, 0.25) is 0 Å². The van der Waals surface area contributed by atoms with Crippen molar-refractivity contribution in [2.45, 2.75) is 0 Å². The van der Waals surface area contributed by atoms with Gasteiger partial charge < -0.3 is 4.98 Å². The molecule has 0 aliphatic rings. The van der Waals surface area contributed by atoms with Crippen LogP contribution in [-0.4, -0.2) is 4.98 Å². The number of H-pyrrole nitrogens is 1. The van der Waals surface area contributed by atoms with Crippen LogP contribution < -0.4 is 0 Å². The third-order valence-corrected chi connectivity index (χ3v) is 1.14. The standard InChI is InChI=1S/C5H3F2NS/c6-3-1-4(7)5(9)8-2-3/h1-2H,(H,8,9). The van der Waals surface area contributed by atoms with E-state index in [-0.39, 0.29) is 4.64 Å². The summed E-state index contributed by atoms with van der Waals surface area (Å²) in [6.45, 7) is 0. The van der Waals surface area contributed by atoms with Gasteiger partial charge >= 0.3 is 0 Å². The molecule has 0 aliphatic heterocycles. The first-order chi connectivity index (χ1) is 4.20. The van der Waals surface area contributed by atoms with Crippen LogP contribution in [0.4, 0.5) is 8.78 Å². The maximum Gasteiger partial charge on any atom is 0.160 e. The molecule has 1 nitrogen and oxygen atoms in total. The van der Waals surface area contributed by atoms with Crippen LogP contribution in [0.3, 0.4) is 0 Å². The molecule has 0 atom stereocenters. The maximum atomic E-state index is 12.2. The second-order valence-electron chi connectivity index (χ2n) is 1.49. The van der Waals surface area contributed by atoms with Crippen molar-refractivity contribution in [3.05, 3.63) is 28.5 Å². The molecule has 1 heterocycles. The fraction of sp³-hybridized carbons (Fsp3) is 0. The molecule has 0 aromatic carbocycles. The predicted molar refractivity (Wildman–Crippen MR) is 31.5 cm³/mol. The van der Waals surface area contributed by atoms with Crippen LogP contribution >= 0.6 is 12.2 Å². The molecule has 0 aliphatic carbocycles. The highest BCUT2D eigenvalue weighted by Gasteiger charge is 1.93. The second-order valence-corrected chi connectivity index (χ2v) is 1.90. The van der Waals surface area contributed by atoms with Gasteiger partial charge in [-0.1, -0.05) is 12.2 Å². The Hall–Kier alpha value is -0.770. The number of hydrogen-bond donors (Lipinski definition) is 1. The smallest absolute Gasteiger partial charge is 0.160 e. The molecule has 0 fully saturated rings. The summed E-state index contributed by atoms with van der Waals surface area (Å²) in [6, 6.07) is 0.735. The fourth-order valence-electron chi connectivity index (χ4n) is 0.432. The van der Waals surface area contributed by atoms with Gasteiger partial charge in [0.25, 0.3) is 0 Å². The summed E-state index contributed by atoms with van der Waals surface area (Å²) in [7, 11) is 0. The van der Waals surface area contributed by atoms with Gasteiger partial charge in [-0.05, 0) is 0 Å². The SMILES string of the molecule is Fc1c[nH]c(=S)c(F)c1. The van der Waals surface area contributed by atoms with E-state index in [4.69, 9.17) is 0 Å². The Kier molecular flexibility index (Phi) is 1.57. The average Bonchev–Trinajstić information content (AvgIpc) is 1.80. The molecule has 4 heteroatoms. The Morgan fingerprint density at radius 3 is 2.56 bits per heavy atom. The van der Waals surface area contributed by atoms with E-state index < -0.39 is 11.6 Å². The van der Waals surface area contributed by atoms with Gasteiger partial charge in [0.1, 0.15) is 10.5 Å². The highest BCUT2D eigenvalue weighted by molar-refractivity contribution is 7.71. The van der Waals surface area contributed by atoms with Gasteiger partial charge in [0, 0.05) is 12.3 Å². The Morgan fingerprint density at radius 1 is 1.44 bits per heavy atom. The molecule has 0 spiro atoms. The van der Waals surface area contributed by atoms with E-state index in [0.29, 0.717) is 0 Å². The molecule has 48 valence electrons. The third-order valence-electron chi connectivity index (χ3n) is 0.823. The molecule has 0 saturated carbocycles. The van der Waals surface area contributed by atoms with Crippen molar-refractivity contribution in [3.8, 4) is 0 Å². The van der Waals surface area contributed by atoms with Gasteiger partial charge in [0.05, 0.1) is 0 Å². The fourth-order valence-corrected chi connectivity index (χ4v) is 0.550. The normalized spacial score (nSPS) is 9.56. The van der Waals surface area contributed by atoms with Crippen molar-refractivity contribution in [2.75, 3.05) is 0 Å². The molecule has 1 aromatic rings. The van der Waals surface area contributed by atoms with Gasteiger partial charge in [0.2, 0.25) is 0 Å². The number of nitrogens with one attached hydrogen (secondary N) is 1. The van der Waals surface area contributed by atoms with Crippen molar-refractivity contribution < 1.29 is 8.78 Å². The molecular formula is C5H3F2NS. The highest BCUT2D eigenvalue weighted by Crippen LogP contribution is 1.99. The summed E-state index contributed by atoms with van der Waals surface area (Å²) in [5.74, 6) is -1.38. The summed E-state index contributed by atoms with van der Waals surface area (Å²) >= 11 is 4.42. The predicted octanol–water partition coefficient (Wildman–Crippen LogP) is 2.02. The Balaban J connectivity index is 3.34. The van der Waals surface area contributed by atoms with Gasteiger partial charge in [-0.2, -0.15) is 0 Å². The number of pyridine rings is 1. The lowest BCUT2D eigenvalue weighted by molar-refractivity contribution is 0.569. The zero-order valence-electron chi connectivity index (χ0n) is 4.32. The maximum absolute atomic E-state index is 12.2. The van der Waals surface area contributed by atoms with Gasteiger partial charge in [-0.25, -0.2) is 8.78 Å². The molecule has 0 saturated heterocycles. The largest absolute Gasteiger partial charge is 0.348 e. The Morgan fingerprint density at radius 2 is 2.11 bits per heavy atom. The minimum Gasteiger partial charge on any atom is -0.348 e. The van der Waals surface area contributed by atoms with E-state index in [2.05, 4.69) is 17.2 Å². The van der Waals surface area contributed by atoms with Crippen LogP contribution in [0.5, 0.6) is 0 Å². The molecule has 0 unspecified atom stereocenters. The summed E-state index contributed by atoms with van der Waals surface area (Å²) < 4.78 is 24.2. The number of hydrogen-bond acceptors (Lipinski definition) is 1. The lowest BCUT2D eigenvalue weighted by Crippen LogP contribution is -1.82. The lowest BCUT2D eigenvalue weighted by Gasteiger charge is -1.87. The summed E-state index contributed by atoms with van der Waals surface area (Å²) in [5.41, 5.74) is 0. The third kappa shape index (κ3) is 1.32. The van der Waals surface area contributed by atoms with Crippen molar-refractivity contribution >= 4 is 12.2 Å².